The lowest BCUT2D eigenvalue weighted by atomic mass is 10.0. The molecule has 92 valence electrons. The molecular formula is C14H17FO2. The molecule has 0 bridgehead atoms. The van der Waals surface area contributed by atoms with E-state index >= 15 is 0 Å². The Balaban J connectivity index is 1.73. The Bertz CT molecular complexity index is 384. The van der Waals surface area contributed by atoms with Crippen molar-refractivity contribution in [2.45, 2.75) is 32.1 Å². The first-order valence-corrected chi connectivity index (χ1v) is 6.17. The molecule has 1 aliphatic rings. The summed E-state index contributed by atoms with van der Waals surface area (Å²) in [5, 5.41) is 0. The van der Waals surface area contributed by atoms with Crippen LogP contribution in [0.3, 0.4) is 0 Å². The van der Waals surface area contributed by atoms with Crippen molar-refractivity contribution in [3.05, 3.63) is 30.1 Å². The van der Waals surface area contributed by atoms with Crippen LogP contribution in [0.1, 0.15) is 32.1 Å². The summed E-state index contributed by atoms with van der Waals surface area (Å²) >= 11 is 0. The van der Waals surface area contributed by atoms with Crippen molar-refractivity contribution < 1.29 is 13.9 Å². The average molecular weight is 236 g/mol. The number of rotatable bonds is 5. The minimum Gasteiger partial charge on any atom is -0.493 e. The van der Waals surface area contributed by atoms with Crippen molar-refractivity contribution in [2.75, 3.05) is 6.61 Å². The van der Waals surface area contributed by atoms with E-state index in [4.69, 9.17) is 4.74 Å². The Morgan fingerprint density at radius 2 is 2.12 bits per heavy atom. The smallest absolute Gasteiger partial charge is 0.139 e. The molecule has 0 heterocycles. The summed E-state index contributed by atoms with van der Waals surface area (Å²) in [6.45, 7) is 0.346. The quantitative estimate of drug-likeness (QED) is 0.783. The monoisotopic (exact) mass is 236 g/mol. The SMILES string of the molecule is O=C(CCOc1cccc(F)c1)C1CCCC1. The van der Waals surface area contributed by atoms with E-state index in [1.807, 2.05) is 0 Å². The fraction of sp³-hybridized carbons (Fsp3) is 0.500. The highest BCUT2D eigenvalue weighted by Crippen LogP contribution is 2.26. The molecule has 0 radical (unpaired) electrons. The number of halogens is 1. The minimum atomic E-state index is -0.315. The number of ether oxygens (including phenoxy) is 1. The topological polar surface area (TPSA) is 26.3 Å². The van der Waals surface area contributed by atoms with Crippen LogP contribution in [0.25, 0.3) is 0 Å². The maximum absolute atomic E-state index is 12.9. The van der Waals surface area contributed by atoms with Crippen molar-refractivity contribution >= 4 is 5.78 Å². The van der Waals surface area contributed by atoms with Gasteiger partial charge in [0, 0.05) is 18.4 Å². The number of carbonyl (C=O) groups is 1. The first-order valence-electron chi connectivity index (χ1n) is 6.17. The lowest BCUT2D eigenvalue weighted by Crippen LogP contribution is -2.14. The van der Waals surface area contributed by atoms with Crippen molar-refractivity contribution in [1.82, 2.24) is 0 Å². The zero-order valence-corrected chi connectivity index (χ0v) is 9.82. The van der Waals surface area contributed by atoms with E-state index in [0.29, 0.717) is 24.6 Å². The number of Topliss-reactive ketones (excluding diaryl/α,β-unsaturated/α-hetero) is 1. The molecule has 0 saturated heterocycles. The van der Waals surface area contributed by atoms with Crippen LogP contribution in [0.15, 0.2) is 24.3 Å². The van der Waals surface area contributed by atoms with E-state index in [0.717, 1.165) is 12.8 Å². The minimum absolute atomic E-state index is 0.242. The molecule has 2 rings (SSSR count). The van der Waals surface area contributed by atoms with Crippen LogP contribution in [0.5, 0.6) is 5.75 Å². The molecule has 0 N–H and O–H groups in total. The van der Waals surface area contributed by atoms with E-state index < -0.39 is 0 Å². The third-order valence-corrected chi connectivity index (χ3v) is 3.22. The predicted molar refractivity (Wildman–Crippen MR) is 63.5 cm³/mol. The number of ketones is 1. The van der Waals surface area contributed by atoms with Gasteiger partial charge in [0.15, 0.2) is 0 Å². The number of hydrogen-bond acceptors (Lipinski definition) is 2. The van der Waals surface area contributed by atoms with Gasteiger partial charge in [0.1, 0.15) is 17.3 Å². The van der Waals surface area contributed by atoms with Crippen LogP contribution in [0, 0.1) is 11.7 Å². The second-order valence-corrected chi connectivity index (χ2v) is 4.50. The molecule has 0 amide bonds. The second kappa shape index (κ2) is 5.80. The molecule has 1 aromatic carbocycles. The molecule has 0 aromatic heterocycles. The van der Waals surface area contributed by atoms with Crippen LogP contribution in [0.4, 0.5) is 4.39 Å². The molecule has 1 aliphatic carbocycles. The summed E-state index contributed by atoms with van der Waals surface area (Å²) < 4.78 is 18.2. The summed E-state index contributed by atoms with van der Waals surface area (Å²) in [6.07, 6.45) is 4.82. The fourth-order valence-electron chi connectivity index (χ4n) is 2.28. The van der Waals surface area contributed by atoms with Gasteiger partial charge in [-0.2, -0.15) is 0 Å². The van der Waals surface area contributed by atoms with Crippen LogP contribution >= 0.6 is 0 Å². The van der Waals surface area contributed by atoms with Crippen LogP contribution in [0.2, 0.25) is 0 Å². The maximum atomic E-state index is 12.9. The molecule has 1 fully saturated rings. The van der Waals surface area contributed by atoms with Gasteiger partial charge < -0.3 is 4.74 Å². The van der Waals surface area contributed by atoms with Crippen molar-refractivity contribution in [2.24, 2.45) is 5.92 Å². The Morgan fingerprint density at radius 1 is 1.35 bits per heavy atom. The molecule has 1 saturated carbocycles. The molecular weight excluding hydrogens is 219 g/mol. The van der Waals surface area contributed by atoms with Crippen molar-refractivity contribution in [3.63, 3.8) is 0 Å². The second-order valence-electron chi connectivity index (χ2n) is 4.50. The van der Waals surface area contributed by atoms with Crippen LogP contribution in [-0.2, 0) is 4.79 Å². The van der Waals surface area contributed by atoms with E-state index in [-0.39, 0.29) is 11.7 Å². The highest BCUT2D eigenvalue weighted by Gasteiger charge is 2.21. The summed E-state index contributed by atoms with van der Waals surface area (Å²) in [6, 6.07) is 6.00. The Hall–Kier alpha value is -1.38. The third kappa shape index (κ3) is 3.55. The van der Waals surface area contributed by atoms with E-state index in [2.05, 4.69) is 0 Å². The normalized spacial score (nSPS) is 16.1. The number of benzene rings is 1. The molecule has 0 unspecified atom stereocenters. The van der Waals surface area contributed by atoms with Gasteiger partial charge in [-0.25, -0.2) is 4.39 Å². The molecule has 0 aliphatic heterocycles. The van der Waals surface area contributed by atoms with Gasteiger partial charge in [0.25, 0.3) is 0 Å². The highest BCUT2D eigenvalue weighted by molar-refractivity contribution is 5.81. The molecule has 1 aromatic rings. The Kier molecular flexibility index (Phi) is 4.13. The maximum Gasteiger partial charge on any atom is 0.139 e. The van der Waals surface area contributed by atoms with E-state index in [9.17, 15) is 9.18 Å². The van der Waals surface area contributed by atoms with Gasteiger partial charge in [-0.3, -0.25) is 4.79 Å². The molecule has 2 nitrogen and oxygen atoms in total. The fourth-order valence-corrected chi connectivity index (χ4v) is 2.28. The molecule has 3 heteroatoms. The highest BCUT2D eigenvalue weighted by atomic mass is 19.1. The lowest BCUT2D eigenvalue weighted by Gasteiger charge is -2.09. The predicted octanol–water partition coefficient (Wildman–Crippen LogP) is 3.35. The Morgan fingerprint density at radius 3 is 2.82 bits per heavy atom. The van der Waals surface area contributed by atoms with Gasteiger partial charge in [0.2, 0.25) is 0 Å². The van der Waals surface area contributed by atoms with Gasteiger partial charge in [-0.1, -0.05) is 18.9 Å². The molecule has 17 heavy (non-hydrogen) atoms. The summed E-state index contributed by atoms with van der Waals surface area (Å²) in [7, 11) is 0. The van der Waals surface area contributed by atoms with E-state index in [1.54, 1.807) is 12.1 Å². The first-order chi connectivity index (χ1) is 8.25. The van der Waals surface area contributed by atoms with Crippen molar-refractivity contribution in [3.8, 4) is 5.75 Å². The van der Waals surface area contributed by atoms with Gasteiger partial charge in [0.05, 0.1) is 6.61 Å². The summed E-state index contributed by atoms with van der Waals surface area (Å²) in [5.74, 6) is 0.707. The number of carbonyl (C=O) groups excluding carboxylic acids is 1. The average Bonchev–Trinajstić information content (AvgIpc) is 2.82. The standard InChI is InChI=1S/C14H17FO2/c15-12-6-3-7-13(10-12)17-9-8-14(16)11-4-1-2-5-11/h3,6-7,10-11H,1-2,4-5,8-9H2. The van der Waals surface area contributed by atoms with Gasteiger partial charge in [-0.15, -0.1) is 0 Å². The summed E-state index contributed by atoms with van der Waals surface area (Å²) in [5.41, 5.74) is 0. The lowest BCUT2D eigenvalue weighted by molar-refractivity contribution is -0.123. The van der Waals surface area contributed by atoms with E-state index in [1.165, 1.54) is 25.0 Å². The van der Waals surface area contributed by atoms with Crippen LogP contribution in [-0.4, -0.2) is 12.4 Å². The van der Waals surface area contributed by atoms with Gasteiger partial charge in [-0.05, 0) is 25.0 Å². The van der Waals surface area contributed by atoms with Crippen LogP contribution < -0.4 is 4.74 Å². The third-order valence-electron chi connectivity index (χ3n) is 3.22. The Labute approximate surface area is 101 Å². The largest absolute Gasteiger partial charge is 0.493 e. The molecule has 0 spiro atoms. The first kappa shape index (κ1) is 12.1. The zero-order valence-electron chi connectivity index (χ0n) is 9.82. The van der Waals surface area contributed by atoms with Crippen molar-refractivity contribution in [1.29, 1.82) is 0 Å². The molecule has 0 atom stereocenters. The zero-order chi connectivity index (χ0) is 12.1. The summed E-state index contributed by atoms with van der Waals surface area (Å²) in [4.78, 5) is 11.7. The van der Waals surface area contributed by atoms with Gasteiger partial charge >= 0.3 is 0 Å². The number of hydrogen-bond donors (Lipinski definition) is 0.